The van der Waals surface area contributed by atoms with Crippen LogP contribution in [0, 0.1) is 0 Å². The monoisotopic (exact) mass is 478 g/mol. The number of nitrogens with one attached hydrogen (secondary N) is 2. The SMILES string of the molecule is CCOC(=O)c1c(NC(=O)C(=O)N/N=C(\C)c2ccc(-n3cccc3)cc2)sc2c1CCCC2. The number of thiophene rings is 1. The average Bonchev–Trinajstić information content (AvgIpc) is 3.50. The van der Waals surface area contributed by atoms with Crippen molar-refractivity contribution in [2.45, 2.75) is 39.5 Å². The number of esters is 1. The number of aromatic nitrogens is 1. The zero-order valence-electron chi connectivity index (χ0n) is 19.1. The van der Waals surface area contributed by atoms with Gasteiger partial charge < -0.3 is 14.6 Å². The Morgan fingerprint density at radius 2 is 1.76 bits per heavy atom. The van der Waals surface area contributed by atoms with Gasteiger partial charge in [-0.2, -0.15) is 5.10 Å². The number of hydrogen-bond acceptors (Lipinski definition) is 6. The van der Waals surface area contributed by atoms with Crippen molar-refractivity contribution in [1.29, 1.82) is 0 Å². The maximum absolute atomic E-state index is 12.5. The molecule has 0 saturated heterocycles. The number of fused-ring (bicyclic) bond motifs is 1. The van der Waals surface area contributed by atoms with Gasteiger partial charge in [0.1, 0.15) is 5.00 Å². The van der Waals surface area contributed by atoms with E-state index in [1.165, 1.54) is 11.3 Å². The van der Waals surface area contributed by atoms with Crippen LogP contribution in [0.4, 0.5) is 5.00 Å². The summed E-state index contributed by atoms with van der Waals surface area (Å²) in [4.78, 5) is 38.5. The van der Waals surface area contributed by atoms with Crippen molar-refractivity contribution in [3.05, 3.63) is 70.4 Å². The molecule has 176 valence electrons. The maximum Gasteiger partial charge on any atom is 0.341 e. The number of nitrogens with zero attached hydrogens (tertiary/aromatic N) is 2. The highest BCUT2D eigenvalue weighted by Crippen LogP contribution is 2.38. The van der Waals surface area contributed by atoms with Gasteiger partial charge in [0.15, 0.2) is 0 Å². The highest BCUT2D eigenvalue weighted by molar-refractivity contribution is 7.17. The van der Waals surface area contributed by atoms with Crippen molar-refractivity contribution in [2.75, 3.05) is 11.9 Å². The molecule has 0 fully saturated rings. The van der Waals surface area contributed by atoms with Crippen LogP contribution in [0.5, 0.6) is 0 Å². The van der Waals surface area contributed by atoms with Crippen molar-refractivity contribution in [3.8, 4) is 5.69 Å². The van der Waals surface area contributed by atoms with Gasteiger partial charge >= 0.3 is 17.8 Å². The Kier molecular flexibility index (Phi) is 7.22. The number of ether oxygens (including phenoxy) is 1. The number of benzene rings is 1. The number of rotatable bonds is 6. The minimum Gasteiger partial charge on any atom is -0.462 e. The summed E-state index contributed by atoms with van der Waals surface area (Å²) < 4.78 is 7.17. The minimum atomic E-state index is -0.913. The summed E-state index contributed by atoms with van der Waals surface area (Å²) >= 11 is 1.33. The third-order valence-electron chi connectivity index (χ3n) is 5.60. The van der Waals surface area contributed by atoms with E-state index in [0.717, 1.165) is 47.4 Å². The first-order valence-electron chi connectivity index (χ1n) is 11.2. The normalized spacial score (nSPS) is 13.2. The predicted molar refractivity (Wildman–Crippen MR) is 132 cm³/mol. The van der Waals surface area contributed by atoms with Crippen LogP contribution in [0.3, 0.4) is 0 Å². The Morgan fingerprint density at radius 1 is 1.06 bits per heavy atom. The van der Waals surface area contributed by atoms with Crippen LogP contribution in [-0.2, 0) is 27.2 Å². The molecule has 2 heterocycles. The number of carbonyl (C=O) groups excluding carboxylic acids is 3. The van der Waals surface area contributed by atoms with E-state index in [1.54, 1.807) is 13.8 Å². The Morgan fingerprint density at radius 3 is 2.47 bits per heavy atom. The number of anilines is 1. The Balaban J connectivity index is 1.43. The fourth-order valence-electron chi connectivity index (χ4n) is 3.86. The topological polar surface area (TPSA) is 102 Å². The third kappa shape index (κ3) is 5.09. The zero-order chi connectivity index (χ0) is 24.1. The molecule has 9 heteroatoms. The smallest absolute Gasteiger partial charge is 0.341 e. The van der Waals surface area contributed by atoms with Crippen molar-refractivity contribution in [2.24, 2.45) is 5.10 Å². The van der Waals surface area contributed by atoms with E-state index < -0.39 is 17.8 Å². The maximum atomic E-state index is 12.5. The number of hydrazone groups is 1. The highest BCUT2D eigenvalue weighted by atomic mass is 32.1. The van der Waals surface area contributed by atoms with Gasteiger partial charge in [0.05, 0.1) is 17.9 Å². The molecule has 0 spiro atoms. The second kappa shape index (κ2) is 10.5. The molecule has 1 aliphatic carbocycles. The summed E-state index contributed by atoms with van der Waals surface area (Å²) in [6.45, 7) is 3.71. The first kappa shape index (κ1) is 23.4. The molecule has 0 radical (unpaired) electrons. The second-order valence-corrected chi connectivity index (χ2v) is 8.97. The standard InChI is InChI=1S/C25H26N4O4S/c1-3-33-25(32)21-19-8-4-5-9-20(19)34-24(21)26-22(30)23(31)28-27-16(2)17-10-12-18(13-11-17)29-14-6-7-15-29/h6-7,10-15H,3-5,8-9H2,1-2H3,(H,26,30)(H,28,31)/b27-16+. The van der Waals surface area contributed by atoms with E-state index in [1.807, 2.05) is 53.4 Å². The van der Waals surface area contributed by atoms with Gasteiger partial charge in [-0.1, -0.05) is 12.1 Å². The van der Waals surface area contributed by atoms with Gasteiger partial charge in [-0.3, -0.25) is 9.59 Å². The minimum absolute atomic E-state index is 0.234. The Labute approximate surface area is 201 Å². The average molecular weight is 479 g/mol. The van der Waals surface area contributed by atoms with Gasteiger partial charge in [0, 0.05) is 23.0 Å². The highest BCUT2D eigenvalue weighted by Gasteiger charge is 2.28. The molecule has 0 atom stereocenters. The summed E-state index contributed by atoms with van der Waals surface area (Å²) in [6.07, 6.45) is 7.52. The lowest BCUT2D eigenvalue weighted by Gasteiger charge is -2.12. The quantitative estimate of drug-likeness (QED) is 0.241. The van der Waals surface area contributed by atoms with E-state index in [0.29, 0.717) is 16.3 Å². The molecule has 1 aliphatic rings. The molecule has 8 nitrogen and oxygen atoms in total. The van der Waals surface area contributed by atoms with E-state index in [-0.39, 0.29) is 6.61 Å². The van der Waals surface area contributed by atoms with E-state index in [2.05, 4.69) is 15.8 Å². The second-order valence-electron chi connectivity index (χ2n) is 7.86. The predicted octanol–water partition coefficient (Wildman–Crippen LogP) is 4.07. The van der Waals surface area contributed by atoms with Crippen LogP contribution < -0.4 is 10.7 Å². The van der Waals surface area contributed by atoms with E-state index in [9.17, 15) is 14.4 Å². The molecule has 4 rings (SSSR count). The molecule has 0 saturated carbocycles. The Bertz CT molecular complexity index is 1230. The molecule has 1 aromatic carbocycles. The van der Waals surface area contributed by atoms with E-state index in [4.69, 9.17) is 4.74 Å². The zero-order valence-corrected chi connectivity index (χ0v) is 19.9. The van der Waals surface area contributed by atoms with Crippen molar-refractivity contribution in [1.82, 2.24) is 9.99 Å². The van der Waals surface area contributed by atoms with E-state index >= 15 is 0 Å². The van der Waals surface area contributed by atoms with Crippen molar-refractivity contribution >= 4 is 39.8 Å². The van der Waals surface area contributed by atoms with Crippen LogP contribution in [0.15, 0.2) is 53.9 Å². The van der Waals surface area contributed by atoms with Gasteiger partial charge in [-0.25, -0.2) is 10.2 Å². The van der Waals surface area contributed by atoms with Crippen LogP contribution in [0.2, 0.25) is 0 Å². The van der Waals surface area contributed by atoms with Crippen molar-refractivity contribution in [3.63, 3.8) is 0 Å². The molecule has 2 N–H and O–H groups in total. The molecule has 3 aromatic rings. The molecule has 0 unspecified atom stereocenters. The summed E-state index contributed by atoms with van der Waals surface area (Å²) in [7, 11) is 0. The van der Waals surface area contributed by atoms with Crippen LogP contribution in [0.25, 0.3) is 5.69 Å². The summed E-state index contributed by atoms with van der Waals surface area (Å²) in [5.41, 5.74) is 5.95. The third-order valence-corrected chi connectivity index (χ3v) is 6.80. The van der Waals surface area contributed by atoms with Gasteiger partial charge in [0.2, 0.25) is 0 Å². The molecule has 0 bridgehead atoms. The molecule has 2 aromatic heterocycles. The number of carbonyl (C=O) groups is 3. The first-order valence-corrected chi connectivity index (χ1v) is 12.0. The fraction of sp³-hybridized carbons (Fsp3) is 0.280. The summed E-state index contributed by atoms with van der Waals surface area (Å²) in [5, 5.41) is 7.00. The Hall–Kier alpha value is -3.72. The number of hydrogen-bond donors (Lipinski definition) is 2. The lowest BCUT2D eigenvalue weighted by Crippen LogP contribution is -2.33. The molecular formula is C25H26N4O4S. The first-order chi connectivity index (χ1) is 16.5. The molecular weight excluding hydrogens is 452 g/mol. The van der Waals surface area contributed by atoms with Crippen molar-refractivity contribution < 1.29 is 19.1 Å². The number of aryl methyl sites for hydroxylation is 1. The van der Waals surface area contributed by atoms with Crippen LogP contribution >= 0.6 is 11.3 Å². The van der Waals surface area contributed by atoms with Crippen LogP contribution in [0.1, 0.15) is 53.1 Å². The van der Waals surface area contributed by atoms with Gasteiger partial charge in [-0.15, -0.1) is 11.3 Å². The summed E-state index contributed by atoms with van der Waals surface area (Å²) in [5.74, 6) is -2.28. The van der Waals surface area contributed by atoms with Gasteiger partial charge in [-0.05, 0) is 74.9 Å². The molecule has 2 amide bonds. The lowest BCUT2D eigenvalue weighted by molar-refractivity contribution is -0.136. The summed E-state index contributed by atoms with van der Waals surface area (Å²) in [6, 6.07) is 11.6. The van der Waals surface area contributed by atoms with Crippen LogP contribution in [-0.4, -0.2) is 34.7 Å². The fourth-order valence-corrected chi connectivity index (χ4v) is 5.14. The molecule has 0 aliphatic heterocycles. The number of amides is 2. The van der Waals surface area contributed by atoms with Gasteiger partial charge in [0.25, 0.3) is 0 Å². The largest absolute Gasteiger partial charge is 0.462 e. The molecule has 34 heavy (non-hydrogen) atoms. The lowest BCUT2D eigenvalue weighted by atomic mass is 9.95.